The number of methoxy groups -OCH3 is 1. The van der Waals surface area contributed by atoms with Gasteiger partial charge in [0.05, 0.1) is 24.6 Å². The summed E-state index contributed by atoms with van der Waals surface area (Å²) in [6, 6.07) is 9.74. The monoisotopic (exact) mass is 555 g/mol. The maximum atomic E-state index is 13.6. The smallest absolute Gasteiger partial charge is 0.419 e. The number of hydrogen-bond donors (Lipinski definition) is 1. The van der Waals surface area contributed by atoms with E-state index < -0.39 is 21.8 Å². The molecule has 0 aliphatic rings. The Morgan fingerprint density at radius 2 is 1.79 bits per heavy atom. The summed E-state index contributed by atoms with van der Waals surface area (Å²) in [5.41, 5.74) is 2.40. The quantitative estimate of drug-likeness (QED) is 0.247. The fourth-order valence-corrected chi connectivity index (χ4v) is 5.25. The molecule has 9 nitrogen and oxygen atoms in total. The van der Waals surface area contributed by atoms with Crippen molar-refractivity contribution in [3.05, 3.63) is 48.3 Å². The van der Waals surface area contributed by atoms with E-state index in [-0.39, 0.29) is 11.5 Å². The van der Waals surface area contributed by atoms with Crippen molar-refractivity contribution in [2.45, 2.75) is 53.2 Å². The Morgan fingerprint density at radius 3 is 2.41 bits per heavy atom. The normalized spacial score (nSPS) is 12.4. The van der Waals surface area contributed by atoms with Crippen LogP contribution in [0.2, 0.25) is 0 Å². The van der Waals surface area contributed by atoms with Crippen molar-refractivity contribution in [3.63, 3.8) is 0 Å². The highest BCUT2D eigenvalue weighted by molar-refractivity contribution is 7.86. The summed E-state index contributed by atoms with van der Waals surface area (Å²) in [6.07, 6.45) is 4.93. The van der Waals surface area contributed by atoms with Crippen molar-refractivity contribution in [2.75, 3.05) is 26.5 Å². The second-order valence-electron chi connectivity index (χ2n) is 10.6. The van der Waals surface area contributed by atoms with E-state index in [1.807, 2.05) is 39.0 Å². The Morgan fingerprint density at radius 1 is 1.08 bits per heavy atom. The van der Waals surface area contributed by atoms with E-state index in [0.29, 0.717) is 27.5 Å². The average molecular weight is 556 g/mol. The van der Waals surface area contributed by atoms with Gasteiger partial charge in [-0.1, -0.05) is 19.9 Å². The van der Waals surface area contributed by atoms with Crippen molar-refractivity contribution < 1.29 is 26.9 Å². The molecule has 0 radical (unpaired) electrons. The molecular weight excluding hydrogens is 518 g/mol. The predicted molar refractivity (Wildman–Crippen MR) is 154 cm³/mol. The highest BCUT2D eigenvalue weighted by atomic mass is 32.2. The van der Waals surface area contributed by atoms with Gasteiger partial charge in [0, 0.05) is 40.7 Å². The van der Waals surface area contributed by atoms with Crippen LogP contribution in [-0.4, -0.2) is 61.0 Å². The van der Waals surface area contributed by atoms with Gasteiger partial charge in [0.2, 0.25) is 0 Å². The van der Waals surface area contributed by atoms with Crippen LogP contribution in [-0.2, 0) is 21.4 Å². The summed E-state index contributed by atoms with van der Waals surface area (Å²) in [5, 5.41) is 2.07. The summed E-state index contributed by atoms with van der Waals surface area (Å²) >= 11 is 0. The Bertz CT molecular complexity index is 1610. The molecule has 0 aliphatic carbocycles. The molecule has 0 saturated heterocycles. The molecule has 0 bridgehead atoms. The molecule has 4 aromatic rings. The van der Waals surface area contributed by atoms with Crippen LogP contribution in [0.25, 0.3) is 32.9 Å². The molecule has 0 saturated carbocycles. The second kappa shape index (κ2) is 10.9. The zero-order chi connectivity index (χ0) is 28.5. The van der Waals surface area contributed by atoms with E-state index in [9.17, 15) is 13.2 Å². The molecule has 1 N–H and O–H groups in total. The van der Waals surface area contributed by atoms with Gasteiger partial charge in [0.15, 0.2) is 11.5 Å². The fraction of sp³-hybridized carbons (Fsp3) is 0.414. The van der Waals surface area contributed by atoms with Crippen molar-refractivity contribution >= 4 is 37.9 Å². The largest absolute Gasteiger partial charge is 0.493 e. The number of nitrogens with one attached hydrogen (secondary N) is 1. The van der Waals surface area contributed by atoms with Gasteiger partial charge in [0.25, 0.3) is 0 Å². The van der Waals surface area contributed by atoms with Crippen LogP contribution in [0.1, 0.15) is 46.6 Å². The van der Waals surface area contributed by atoms with Crippen LogP contribution in [0.15, 0.2) is 42.7 Å². The van der Waals surface area contributed by atoms with Gasteiger partial charge in [0.1, 0.15) is 5.60 Å². The summed E-state index contributed by atoms with van der Waals surface area (Å²) in [4.78, 5) is 19.0. The van der Waals surface area contributed by atoms with E-state index in [1.165, 1.54) is 7.11 Å². The molecule has 4 rings (SSSR count). The molecule has 2 heterocycles. The van der Waals surface area contributed by atoms with Gasteiger partial charge in [-0.2, -0.15) is 8.42 Å². The van der Waals surface area contributed by atoms with E-state index in [1.54, 1.807) is 23.0 Å². The number of rotatable bonds is 9. The molecule has 0 unspecified atom stereocenters. The number of carbonyl (C=O) groups is 1. The number of hydrogen-bond acceptors (Lipinski definition) is 7. The SMILES string of the molecule is CCCN(CC)Cc1ccc2c(c1)cc(-c1cc(OC)c(OS(C)(=O)=O)c3c[nH]cc13)n2C(=O)OC(C)(C)C. The zero-order valence-electron chi connectivity index (χ0n) is 23.6. The highest BCUT2D eigenvalue weighted by Crippen LogP contribution is 2.44. The average Bonchev–Trinajstić information content (AvgIpc) is 3.47. The summed E-state index contributed by atoms with van der Waals surface area (Å²) in [5.74, 6) is 0.306. The highest BCUT2D eigenvalue weighted by Gasteiger charge is 2.26. The third-order valence-electron chi connectivity index (χ3n) is 6.35. The fourth-order valence-electron chi connectivity index (χ4n) is 4.77. The molecule has 0 fully saturated rings. The number of ether oxygens (including phenoxy) is 2. The zero-order valence-corrected chi connectivity index (χ0v) is 24.4. The summed E-state index contributed by atoms with van der Waals surface area (Å²) in [6.45, 7) is 12.6. The first-order valence-electron chi connectivity index (χ1n) is 13.0. The Labute approximate surface area is 229 Å². The minimum Gasteiger partial charge on any atom is -0.493 e. The molecule has 2 aromatic carbocycles. The van der Waals surface area contributed by atoms with Crippen molar-refractivity contribution in [2.24, 2.45) is 0 Å². The first kappa shape index (κ1) is 28.5. The first-order valence-corrected chi connectivity index (χ1v) is 14.8. The standard InChI is InChI=1S/C29H37N3O6S/c1-8-12-31(9-2)18-19-10-11-24-20(13-19)14-25(32(24)28(33)37-29(3,4)5)21-15-26(36-6)27(38-39(7,34)35)23-17-30-16-22(21)23/h10-11,13-17,30H,8-9,12,18H2,1-7H3. The maximum absolute atomic E-state index is 13.6. The number of aromatic amines is 1. The third-order valence-corrected chi connectivity index (χ3v) is 6.81. The number of benzene rings is 2. The lowest BCUT2D eigenvalue weighted by molar-refractivity contribution is 0.0547. The number of H-pyrrole nitrogens is 1. The topological polar surface area (TPSA) is 103 Å². The van der Waals surface area contributed by atoms with Crippen LogP contribution < -0.4 is 8.92 Å². The lowest BCUT2D eigenvalue weighted by Gasteiger charge is -2.21. The van der Waals surface area contributed by atoms with Crippen molar-refractivity contribution in [1.82, 2.24) is 14.5 Å². The molecule has 0 amide bonds. The molecule has 0 aliphatic heterocycles. The first-order chi connectivity index (χ1) is 18.3. The van der Waals surface area contributed by atoms with Crippen molar-refractivity contribution in [3.8, 4) is 22.8 Å². The third kappa shape index (κ3) is 6.23. The molecule has 39 heavy (non-hydrogen) atoms. The van der Waals surface area contributed by atoms with Gasteiger partial charge < -0.3 is 18.6 Å². The van der Waals surface area contributed by atoms with Crippen molar-refractivity contribution in [1.29, 1.82) is 0 Å². The molecular formula is C29H37N3O6S. The van der Waals surface area contributed by atoms with E-state index >= 15 is 0 Å². The predicted octanol–water partition coefficient (Wildman–Crippen LogP) is 6.15. The van der Waals surface area contributed by atoms with Gasteiger partial charge in [-0.05, 0) is 70.1 Å². The van der Waals surface area contributed by atoms with Crippen LogP contribution in [0.5, 0.6) is 11.5 Å². The van der Waals surface area contributed by atoms with Crippen LogP contribution in [0.4, 0.5) is 4.79 Å². The molecule has 0 atom stereocenters. The second-order valence-corrected chi connectivity index (χ2v) is 12.2. The van der Waals surface area contributed by atoms with Crippen LogP contribution in [0.3, 0.4) is 0 Å². The summed E-state index contributed by atoms with van der Waals surface area (Å²) < 4.78 is 42.2. The van der Waals surface area contributed by atoms with E-state index in [4.69, 9.17) is 13.7 Å². The van der Waals surface area contributed by atoms with E-state index in [2.05, 4.69) is 29.8 Å². The van der Waals surface area contributed by atoms with Crippen LogP contribution in [0, 0.1) is 0 Å². The number of carbonyl (C=O) groups excluding carboxylic acids is 1. The molecule has 2 aromatic heterocycles. The van der Waals surface area contributed by atoms with Gasteiger partial charge >= 0.3 is 16.2 Å². The minimum atomic E-state index is -3.82. The van der Waals surface area contributed by atoms with Gasteiger partial charge in [-0.25, -0.2) is 9.36 Å². The lowest BCUT2D eigenvalue weighted by atomic mass is 10.0. The number of fused-ring (bicyclic) bond motifs is 2. The van der Waals surface area contributed by atoms with Gasteiger partial charge in [-0.15, -0.1) is 0 Å². The van der Waals surface area contributed by atoms with E-state index in [0.717, 1.165) is 43.3 Å². The molecule has 0 spiro atoms. The summed E-state index contributed by atoms with van der Waals surface area (Å²) in [7, 11) is -2.37. The van der Waals surface area contributed by atoms with Crippen LogP contribution >= 0.6 is 0 Å². The minimum absolute atomic E-state index is 0.0813. The maximum Gasteiger partial charge on any atom is 0.419 e. The lowest BCUT2D eigenvalue weighted by Crippen LogP contribution is -2.27. The molecule has 10 heteroatoms. The number of aromatic nitrogens is 2. The Hall–Kier alpha value is -3.50. The Kier molecular flexibility index (Phi) is 7.99. The van der Waals surface area contributed by atoms with Gasteiger partial charge in [-0.3, -0.25) is 4.90 Å². The Balaban J connectivity index is 1.96. The molecule has 210 valence electrons. The number of nitrogens with zero attached hydrogens (tertiary/aromatic N) is 2.